The number of para-hydroxylation sites is 1. The maximum Gasteiger partial charge on any atom is 0.231 e. The summed E-state index contributed by atoms with van der Waals surface area (Å²) >= 11 is 0. The zero-order valence-electron chi connectivity index (χ0n) is 20.6. The van der Waals surface area contributed by atoms with Gasteiger partial charge in [-0.3, -0.25) is 0 Å². The summed E-state index contributed by atoms with van der Waals surface area (Å²) in [6.07, 6.45) is 0. The minimum Gasteiger partial charge on any atom is -0.493 e. The van der Waals surface area contributed by atoms with Crippen molar-refractivity contribution in [1.29, 1.82) is 0 Å². The van der Waals surface area contributed by atoms with E-state index in [1.807, 2.05) is 6.07 Å². The molecule has 6 nitrogen and oxygen atoms in total. The van der Waals surface area contributed by atoms with Crippen LogP contribution < -0.4 is 23.8 Å². The molecule has 0 saturated heterocycles. The molecule has 1 unspecified atom stereocenters. The van der Waals surface area contributed by atoms with E-state index in [1.54, 1.807) is 14.2 Å². The maximum absolute atomic E-state index is 6.03. The first-order valence-corrected chi connectivity index (χ1v) is 12.0. The first-order valence-electron chi connectivity index (χ1n) is 12.0. The summed E-state index contributed by atoms with van der Waals surface area (Å²) in [4.78, 5) is 5.97. The van der Waals surface area contributed by atoms with Gasteiger partial charge in [-0.2, -0.15) is 0 Å². The zero-order valence-corrected chi connectivity index (χ0v) is 20.6. The molecule has 2 aliphatic heterocycles. The van der Waals surface area contributed by atoms with Crippen LogP contribution in [0.3, 0.4) is 0 Å². The molecule has 0 amide bonds. The largest absolute Gasteiger partial charge is 0.493 e. The number of methoxy groups -OCH3 is 2. The highest BCUT2D eigenvalue weighted by atomic mass is 16.7. The van der Waals surface area contributed by atoms with Crippen LogP contribution in [0.15, 0.2) is 60.7 Å². The van der Waals surface area contributed by atoms with Crippen molar-refractivity contribution in [2.24, 2.45) is 0 Å². The number of ether oxygens (including phenoxy) is 4. The Hall–Kier alpha value is -4.32. The Bertz CT molecular complexity index is 1690. The summed E-state index contributed by atoms with van der Waals surface area (Å²) in [5, 5.41) is 3.44. The summed E-state index contributed by atoms with van der Waals surface area (Å²) in [6, 6.07) is 21.0. The van der Waals surface area contributed by atoms with Crippen molar-refractivity contribution in [3.8, 4) is 34.1 Å². The number of aromatic nitrogens is 1. The summed E-state index contributed by atoms with van der Waals surface area (Å²) < 4.78 is 23.2. The highest BCUT2D eigenvalue weighted by Crippen LogP contribution is 2.56. The van der Waals surface area contributed by atoms with E-state index in [-0.39, 0.29) is 12.8 Å². The van der Waals surface area contributed by atoms with Gasteiger partial charge in [0.15, 0.2) is 23.0 Å². The predicted molar refractivity (Wildman–Crippen MR) is 142 cm³/mol. The molecule has 36 heavy (non-hydrogen) atoms. The third-order valence-corrected chi connectivity index (χ3v) is 7.59. The van der Waals surface area contributed by atoms with Crippen molar-refractivity contribution in [3.63, 3.8) is 0 Å². The zero-order chi connectivity index (χ0) is 24.6. The van der Waals surface area contributed by atoms with Crippen LogP contribution in [0, 0.1) is 6.92 Å². The SMILES string of the molecule is COc1ccc2c(c1OC)C(c1c(C)[nH]c3ccccc13)N(C)c1c-2ccc2cc3c(cc12)OCO3. The van der Waals surface area contributed by atoms with Gasteiger partial charge in [-0.25, -0.2) is 0 Å². The number of nitrogens with one attached hydrogen (secondary N) is 1. The van der Waals surface area contributed by atoms with Crippen molar-refractivity contribution in [2.75, 3.05) is 33.0 Å². The van der Waals surface area contributed by atoms with Crippen molar-refractivity contribution in [2.45, 2.75) is 13.0 Å². The molecule has 0 radical (unpaired) electrons. The second kappa shape index (κ2) is 7.59. The molecule has 4 aromatic carbocycles. The van der Waals surface area contributed by atoms with Crippen LogP contribution in [-0.4, -0.2) is 33.0 Å². The van der Waals surface area contributed by atoms with Gasteiger partial charge in [0.1, 0.15) is 0 Å². The second-order valence-corrected chi connectivity index (χ2v) is 9.37. The fourth-order valence-corrected chi connectivity index (χ4v) is 6.06. The molecule has 0 aliphatic carbocycles. The first kappa shape index (κ1) is 21.0. The third-order valence-electron chi connectivity index (χ3n) is 7.59. The average Bonchev–Trinajstić information content (AvgIpc) is 3.49. The fourth-order valence-electron chi connectivity index (χ4n) is 6.06. The molecular weight excluding hydrogens is 452 g/mol. The number of aromatic amines is 1. The molecule has 1 aromatic heterocycles. The van der Waals surface area contributed by atoms with Gasteiger partial charge in [0.25, 0.3) is 0 Å². The van der Waals surface area contributed by atoms with Crippen molar-refractivity contribution < 1.29 is 18.9 Å². The van der Waals surface area contributed by atoms with Crippen molar-refractivity contribution in [3.05, 3.63) is 77.5 Å². The van der Waals surface area contributed by atoms with Gasteiger partial charge in [-0.05, 0) is 48.2 Å². The van der Waals surface area contributed by atoms with Crippen LogP contribution in [0.5, 0.6) is 23.0 Å². The Morgan fingerprint density at radius 2 is 1.64 bits per heavy atom. The van der Waals surface area contributed by atoms with Crippen molar-refractivity contribution in [1.82, 2.24) is 4.98 Å². The molecule has 3 heterocycles. The van der Waals surface area contributed by atoms with Gasteiger partial charge in [0.2, 0.25) is 6.79 Å². The monoisotopic (exact) mass is 478 g/mol. The number of anilines is 1. The number of hydrogen-bond acceptors (Lipinski definition) is 5. The predicted octanol–water partition coefficient (Wildman–Crippen LogP) is 6.58. The van der Waals surface area contributed by atoms with E-state index in [9.17, 15) is 0 Å². The number of aryl methyl sites for hydroxylation is 1. The Morgan fingerprint density at radius 3 is 2.44 bits per heavy atom. The molecule has 180 valence electrons. The Morgan fingerprint density at radius 1 is 0.861 bits per heavy atom. The van der Waals surface area contributed by atoms with E-state index in [0.29, 0.717) is 0 Å². The molecule has 0 fully saturated rings. The van der Waals surface area contributed by atoms with E-state index in [4.69, 9.17) is 18.9 Å². The van der Waals surface area contributed by atoms with Gasteiger partial charge in [-0.15, -0.1) is 0 Å². The van der Waals surface area contributed by atoms with E-state index in [0.717, 1.165) is 67.4 Å². The molecule has 1 atom stereocenters. The number of nitrogens with zero attached hydrogens (tertiary/aromatic N) is 1. The lowest BCUT2D eigenvalue weighted by atomic mass is 9.82. The molecule has 0 bridgehead atoms. The quantitative estimate of drug-likeness (QED) is 0.317. The highest BCUT2D eigenvalue weighted by Gasteiger charge is 2.37. The molecule has 2 aliphatic rings. The van der Waals surface area contributed by atoms with Crippen LogP contribution in [-0.2, 0) is 0 Å². The second-order valence-electron chi connectivity index (χ2n) is 9.37. The van der Waals surface area contributed by atoms with Crippen LogP contribution in [0.2, 0.25) is 0 Å². The third kappa shape index (κ3) is 2.72. The topological polar surface area (TPSA) is 56.0 Å². The summed E-state index contributed by atoms with van der Waals surface area (Å²) in [5.41, 5.74) is 8.01. The molecule has 7 rings (SSSR count). The Balaban J connectivity index is 1.60. The minimum absolute atomic E-state index is 0.107. The molecular formula is C30H26N2O4. The molecule has 0 saturated carbocycles. The summed E-state index contributed by atoms with van der Waals surface area (Å²) in [7, 11) is 5.57. The molecule has 6 heteroatoms. The number of hydrogen-bond donors (Lipinski definition) is 1. The molecule has 5 aromatic rings. The Labute approximate surface area is 209 Å². The number of H-pyrrole nitrogens is 1. The fraction of sp³-hybridized carbons (Fsp3) is 0.200. The van der Waals surface area contributed by atoms with Crippen LogP contribution in [0.4, 0.5) is 5.69 Å². The number of rotatable bonds is 3. The lowest BCUT2D eigenvalue weighted by molar-refractivity contribution is 0.174. The van der Waals surface area contributed by atoms with Crippen LogP contribution in [0.1, 0.15) is 22.9 Å². The van der Waals surface area contributed by atoms with E-state index >= 15 is 0 Å². The number of fused-ring (bicyclic) bond motifs is 7. The smallest absolute Gasteiger partial charge is 0.231 e. The van der Waals surface area contributed by atoms with Gasteiger partial charge in [0, 0.05) is 45.7 Å². The summed E-state index contributed by atoms with van der Waals surface area (Å²) in [5.74, 6) is 3.05. The Kier molecular flexibility index (Phi) is 4.43. The van der Waals surface area contributed by atoms with Gasteiger partial charge < -0.3 is 28.8 Å². The van der Waals surface area contributed by atoms with E-state index in [1.165, 1.54) is 10.9 Å². The first-order chi connectivity index (χ1) is 17.6. The minimum atomic E-state index is -0.107. The maximum atomic E-state index is 6.03. The lowest BCUT2D eigenvalue weighted by Crippen LogP contribution is -2.30. The van der Waals surface area contributed by atoms with E-state index in [2.05, 4.69) is 78.5 Å². The average molecular weight is 479 g/mol. The summed E-state index contributed by atoms with van der Waals surface area (Å²) in [6.45, 7) is 2.40. The highest BCUT2D eigenvalue weighted by molar-refractivity contribution is 6.06. The van der Waals surface area contributed by atoms with Gasteiger partial charge >= 0.3 is 0 Å². The van der Waals surface area contributed by atoms with E-state index < -0.39 is 0 Å². The number of benzene rings is 4. The standard InChI is InChI=1S/C30H26N2O4/c1-16-26(20-7-5-6-8-22(20)31-16)29-27-18(11-12-23(33-3)30(27)34-4)19-10-9-17-13-24-25(36-15-35-24)14-21(17)28(19)32(29)2/h5-14,29,31H,15H2,1-4H3. The van der Waals surface area contributed by atoms with Gasteiger partial charge in [0.05, 0.1) is 25.9 Å². The molecule has 0 spiro atoms. The van der Waals surface area contributed by atoms with Gasteiger partial charge in [-0.1, -0.05) is 30.3 Å². The van der Waals surface area contributed by atoms with Crippen LogP contribution >= 0.6 is 0 Å². The van der Waals surface area contributed by atoms with Crippen LogP contribution in [0.25, 0.3) is 32.8 Å². The van der Waals surface area contributed by atoms with Crippen molar-refractivity contribution >= 4 is 27.4 Å². The lowest BCUT2D eigenvalue weighted by Gasteiger charge is -2.40. The normalized spacial score (nSPS) is 15.8. The molecule has 1 N–H and O–H groups in total.